The Labute approximate surface area is 184 Å². The van der Waals surface area contributed by atoms with E-state index in [9.17, 15) is 4.79 Å². The lowest BCUT2D eigenvalue weighted by molar-refractivity contribution is -0.113. The van der Waals surface area contributed by atoms with Crippen molar-refractivity contribution in [2.24, 2.45) is 0 Å². The highest BCUT2D eigenvalue weighted by atomic mass is 35.5. The third-order valence-electron chi connectivity index (χ3n) is 4.22. The van der Waals surface area contributed by atoms with E-state index in [1.54, 1.807) is 25.3 Å². The van der Waals surface area contributed by atoms with Crippen LogP contribution in [-0.2, 0) is 11.3 Å². The van der Waals surface area contributed by atoms with Crippen LogP contribution in [0.25, 0.3) is 11.4 Å². The van der Waals surface area contributed by atoms with Gasteiger partial charge in [-0.15, -0.1) is 10.2 Å². The molecule has 9 heteroatoms. The van der Waals surface area contributed by atoms with Gasteiger partial charge in [-0.3, -0.25) is 4.79 Å². The first kappa shape index (κ1) is 22.0. The van der Waals surface area contributed by atoms with E-state index in [0.717, 1.165) is 11.3 Å². The fourth-order valence-electron chi connectivity index (χ4n) is 2.86. The average molecular weight is 447 g/mol. The van der Waals surface area contributed by atoms with Gasteiger partial charge < -0.3 is 19.4 Å². The van der Waals surface area contributed by atoms with Crippen molar-refractivity contribution in [2.45, 2.75) is 25.5 Å². The molecule has 0 unspecified atom stereocenters. The maximum atomic E-state index is 12.4. The van der Waals surface area contributed by atoms with Crippen molar-refractivity contribution in [3.63, 3.8) is 0 Å². The number of amides is 1. The second-order valence-corrected chi connectivity index (χ2v) is 7.57. The standard InChI is InChI=1S/C21H23ClN4O3S/c1-4-26-20(17-12-14(22)6-11-18(17)28-3)24-25-21(26)30-13-19(27)23-15-7-9-16(10-8-15)29-5-2/h6-12H,4-5,13H2,1-3H3,(H,23,27). The number of nitrogens with one attached hydrogen (secondary N) is 1. The van der Waals surface area contributed by atoms with Crippen LogP contribution in [0.5, 0.6) is 11.5 Å². The maximum Gasteiger partial charge on any atom is 0.234 e. The summed E-state index contributed by atoms with van der Waals surface area (Å²) in [7, 11) is 1.60. The van der Waals surface area contributed by atoms with Crippen LogP contribution in [0.3, 0.4) is 0 Å². The minimum Gasteiger partial charge on any atom is -0.496 e. The van der Waals surface area contributed by atoms with Gasteiger partial charge in [-0.25, -0.2) is 0 Å². The number of anilines is 1. The molecular weight excluding hydrogens is 424 g/mol. The van der Waals surface area contributed by atoms with E-state index < -0.39 is 0 Å². The van der Waals surface area contributed by atoms with Crippen molar-refractivity contribution in [3.8, 4) is 22.9 Å². The summed E-state index contributed by atoms with van der Waals surface area (Å²) in [5.74, 6) is 2.15. The zero-order chi connectivity index (χ0) is 21.5. The van der Waals surface area contributed by atoms with E-state index in [1.807, 2.05) is 42.7 Å². The van der Waals surface area contributed by atoms with Crippen molar-refractivity contribution in [2.75, 3.05) is 24.8 Å². The van der Waals surface area contributed by atoms with E-state index in [4.69, 9.17) is 21.1 Å². The van der Waals surface area contributed by atoms with Gasteiger partial charge in [-0.05, 0) is 56.3 Å². The van der Waals surface area contributed by atoms with Gasteiger partial charge in [0, 0.05) is 17.3 Å². The Morgan fingerprint density at radius 3 is 2.60 bits per heavy atom. The highest BCUT2D eigenvalue weighted by Gasteiger charge is 2.18. The average Bonchev–Trinajstić information content (AvgIpc) is 3.16. The number of halogens is 1. The zero-order valence-corrected chi connectivity index (χ0v) is 18.6. The number of hydrogen-bond donors (Lipinski definition) is 1. The smallest absolute Gasteiger partial charge is 0.234 e. The predicted octanol–water partition coefficient (Wildman–Crippen LogP) is 4.76. The molecule has 158 valence electrons. The summed E-state index contributed by atoms with van der Waals surface area (Å²) in [6.45, 7) is 5.16. The van der Waals surface area contributed by atoms with Crippen molar-refractivity contribution < 1.29 is 14.3 Å². The quantitative estimate of drug-likeness (QED) is 0.477. The number of benzene rings is 2. The number of nitrogens with zero attached hydrogens (tertiary/aromatic N) is 3. The van der Waals surface area contributed by atoms with E-state index in [1.165, 1.54) is 11.8 Å². The summed E-state index contributed by atoms with van der Waals surface area (Å²) < 4.78 is 12.8. The van der Waals surface area contributed by atoms with E-state index in [0.29, 0.717) is 40.6 Å². The number of carbonyl (C=O) groups is 1. The third kappa shape index (κ3) is 5.25. The second kappa shape index (κ2) is 10.4. The minimum atomic E-state index is -0.128. The number of hydrogen-bond acceptors (Lipinski definition) is 6. The first-order chi connectivity index (χ1) is 14.5. The van der Waals surface area contributed by atoms with Crippen molar-refractivity contribution in [1.29, 1.82) is 0 Å². The number of aromatic nitrogens is 3. The van der Waals surface area contributed by atoms with Crippen LogP contribution < -0.4 is 14.8 Å². The molecule has 1 heterocycles. The fraction of sp³-hybridized carbons (Fsp3) is 0.286. The van der Waals surface area contributed by atoms with Crippen molar-refractivity contribution >= 4 is 35.0 Å². The van der Waals surface area contributed by atoms with Crippen LogP contribution in [0.4, 0.5) is 5.69 Å². The molecule has 2 aromatic carbocycles. The van der Waals surface area contributed by atoms with Crippen molar-refractivity contribution in [3.05, 3.63) is 47.5 Å². The summed E-state index contributed by atoms with van der Waals surface area (Å²) in [4.78, 5) is 12.4. The van der Waals surface area contributed by atoms with Crippen LogP contribution in [0.15, 0.2) is 47.6 Å². The Morgan fingerprint density at radius 1 is 1.17 bits per heavy atom. The largest absolute Gasteiger partial charge is 0.496 e. The second-order valence-electron chi connectivity index (χ2n) is 6.19. The van der Waals surface area contributed by atoms with Crippen LogP contribution >= 0.6 is 23.4 Å². The van der Waals surface area contributed by atoms with E-state index in [2.05, 4.69) is 15.5 Å². The SMILES string of the molecule is CCOc1ccc(NC(=O)CSc2nnc(-c3cc(Cl)ccc3OC)n2CC)cc1. The van der Waals surface area contributed by atoms with Gasteiger partial charge in [0.05, 0.1) is 25.0 Å². The summed E-state index contributed by atoms with van der Waals surface area (Å²) in [5, 5.41) is 12.7. The molecule has 0 fully saturated rings. The van der Waals surface area contributed by atoms with Gasteiger partial charge in [0.15, 0.2) is 11.0 Å². The Balaban J connectivity index is 1.69. The first-order valence-corrected chi connectivity index (χ1v) is 10.8. The molecule has 0 aliphatic rings. The number of thioether (sulfide) groups is 1. The monoisotopic (exact) mass is 446 g/mol. The van der Waals surface area contributed by atoms with Crippen LogP contribution in [-0.4, -0.2) is 40.1 Å². The minimum absolute atomic E-state index is 0.128. The summed E-state index contributed by atoms with van der Waals surface area (Å²) in [6.07, 6.45) is 0. The molecule has 3 rings (SSSR count). The first-order valence-electron chi connectivity index (χ1n) is 9.48. The van der Waals surface area contributed by atoms with Crippen LogP contribution in [0.1, 0.15) is 13.8 Å². The molecule has 0 saturated heterocycles. The Bertz CT molecular complexity index is 1010. The molecule has 7 nitrogen and oxygen atoms in total. The number of carbonyl (C=O) groups excluding carboxylic acids is 1. The van der Waals surface area contributed by atoms with Gasteiger partial charge in [0.25, 0.3) is 0 Å². The van der Waals surface area contributed by atoms with Gasteiger partial charge in [-0.1, -0.05) is 23.4 Å². The molecule has 0 atom stereocenters. The molecule has 0 spiro atoms. The molecule has 1 amide bonds. The molecule has 0 aliphatic carbocycles. The Kier molecular flexibility index (Phi) is 7.59. The molecule has 0 saturated carbocycles. The van der Waals surface area contributed by atoms with Crippen LogP contribution in [0.2, 0.25) is 5.02 Å². The number of rotatable bonds is 9. The van der Waals surface area contributed by atoms with Gasteiger partial charge in [-0.2, -0.15) is 0 Å². The maximum absolute atomic E-state index is 12.4. The van der Waals surface area contributed by atoms with Crippen molar-refractivity contribution in [1.82, 2.24) is 14.8 Å². The molecule has 0 aliphatic heterocycles. The predicted molar refractivity (Wildman–Crippen MR) is 120 cm³/mol. The topological polar surface area (TPSA) is 78.3 Å². The Morgan fingerprint density at radius 2 is 1.93 bits per heavy atom. The lowest BCUT2D eigenvalue weighted by Gasteiger charge is -2.11. The van der Waals surface area contributed by atoms with Gasteiger partial charge in [0.1, 0.15) is 11.5 Å². The molecule has 0 radical (unpaired) electrons. The summed E-state index contributed by atoms with van der Waals surface area (Å²) >= 11 is 7.48. The lowest BCUT2D eigenvalue weighted by atomic mass is 10.2. The summed E-state index contributed by atoms with van der Waals surface area (Å²) in [5.41, 5.74) is 1.47. The Hall–Kier alpha value is -2.71. The highest BCUT2D eigenvalue weighted by molar-refractivity contribution is 7.99. The van der Waals surface area contributed by atoms with E-state index in [-0.39, 0.29) is 11.7 Å². The molecule has 0 bridgehead atoms. The lowest BCUT2D eigenvalue weighted by Crippen LogP contribution is -2.14. The molecule has 3 aromatic rings. The number of methoxy groups -OCH3 is 1. The molecule has 1 aromatic heterocycles. The normalized spacial score (nSPS) is 10.7. The summed E-state index contributed by atoms with van der Waals surface area (Å²) in [6, 6.07) is 12.6. The highest BCUT2D eigenvalue weighted by Crippen LogP contribution is 2.33. The fourth-order valence-corrected chi connectivity index (χ4v) is 3.84. The zero-order valence-electron chi connectivity index (χ0n) is 17.0. The van der Waals surface area contributed by atoms with E-state index >= 15 is 0 Å². The number of ether oxygens (including phenoxy) is 2. The van der Waals surface area contributed by atoms with Gasteiger partial charge in [0.2, 0.25) is 5.91 Å². The third-order valence-corrected chi connectivity index (χ3v) is 5.42. The molecule has 1 N–H and O–H groups in total. The van der Waals surface area contributed by atoms with Gasteiger partial charge >= 0.3 is 0 Å². The molecular formula is C21H23ClN4O3S. The van der Waals surface area contributed by atoms with Crippen LogP contribution in [0, 0.1) is 0 Å². The molecule has 30 heavy (non-hydrogen) atoms.